The van der Waals surface area contributed by atoms with Crippen LogP contribution in [-0.2, 0) is 11.3 Å². The SMILES string of the molecule is CC1(NCCn2ccccc2=O)CCCOC1. The fourth-order valence-electron chi connectivity index (χ4n) is 2.20. The summed E-state index contributed by atoms with van der Waals surface area (Å²) in [4.78, 5) is 11.5. The lowest BCUT2D eigenvalue weighted by Gasteiger charge is -2.34. The molecule has 1 N–H and O–H groups in total. The lowest BCUT2D eigenvalue weighted by atomic mass is 9.95. The Morgan fingerprint density at radius 1 is 1.53 bits per heavy atom. The van der Waals surface area contributed by atoms with Crippen LogP contribution in [0.3, 0.4) is 0 Å². The summed E-state index contributed by atoms with van der Waals surface area (Å²) >= 11 is 0. The topological polar surface area (TPSA) is 43.3 Å². The number of nitrogens with one attached hydrogen (secondary N) is 1. The molecule has 0 saturated carbocycles. The van der Waals surface area contributed by atoms with Gasteiger partial charge in [-0.05, 0) is 25.8 Å². The second-order valence-electron chi connectivity index (χ2n) is 4.88. The molecule has 17 heavy (non-hydrogen) atoms. The average molecular weight is 236 g/mol. The van der Waals surface area contributed by atoms with E-state index in [0.29, 0.717) is 6.54 Å². The number of hydrogen-bond acceptors (Lipinski definition) is 3. The van der Waals surface area contributed by atoms with Crippen LogP contribution in [0.4, 0.5) is 0 Å². The molecule has 4 nitrogen and oxygen atoms in total. The molecule has 1 saturated heterocycles. The normalized spacial score (nSPS) is 24.8. The molecule has 0 bridgehead atoms. The molecule has 1 aliphatic rings. The second kappa shape index (κ2) is 5.47. The molecule has 1 atom stereocenters. The first-order valence-corrected chi connectivity index (χ1v) is 6.18. The smallest absolute Gasteiger partial charge is 0.250 e. The monoisotopic (exact) mass is 236 g/mol. The van der Waals surface area contributed by atoms with Gasteiger partial charge in [0, 0.05) is 37.5 Å². The molecule has 1 aliphatic heterocycles. The molecule has 1 aromatic heterocycles. The van der Waals surface area contributed by atoms with Crippen molar-refractivity contribution in [1.82, 2.24) is 9.88 Å². The van der Waals surface area contributed by atoms with Crippen LogP contribution in [-0.4, -0.2) is 29.9 Å². The number of ether oxygens (including phenoxy) is 1. The maximum absolute atomic E-state index is 11.5. The van der Waals surface area contributed by atoms with Crippen LogP contribution in [0.1, 0.15) is 19.8 Å². The Hall–Kier alpha value is -1.13. The van der Waals surface area contributed by atoms with Crippen molar-refractivity contribution in [2.45, 2.75) is 31.8 Å². The van der Waals surface area contributed by atoms with Gasteiger partial charge in [0.15, 0.2) is 0 Å². The fourth-order valence-corrected chi connectivity index (χ4v) is 2.20. The largest absolute Gasteiger partial charge is 0.380 e. The first-order valence-electron chi connectivity index (χ1n) is 6.18. The van der Waals surface area contributed by atoms with Crippen LogP contribution in [0.15, 0.2) is 29.2 Å². The van der Waals surface area contributed by atoms with E-state index in [1.807, 2.05) is 12.3 Å². The summed E-state index contributed by atoms with van der Waals surface area (Å²) in [6.07, 6.45) is 4.06. The molecular weight excluding hydrogens is 216 g/mol. The highest BCUT2D eigenvalue weighted by Gasteiger charge is 2.26. The van der Waals surface area contributed by atoms with Crippen LogP contribution in [0.25, 0.3) is 0 Å². The standard InChI is InChI=1S/C13H20N2O2/c1-13(6-4-10-17-11-13)14-7-9-15-8-3-2-5-12(15)16/h2-3,5,8,14H,4,6-7,9-11H2,1H3. The minimum atomic E-state index is 0.0550. The third-order valence-electron chi connectivity index (χ3n) is 3.24. The van der Waals surface area contributed by atoms with Gasteiger partial charge in [-0.25, -0.2) is 0 Å². The van der Waals surface area contributed by atoms with Crippen molar-refractivity contribution in [3.05, 3.63) is 34.7 Å². The minimum Gasteiger partial charge on any atom is -0.380 e. The number of hydrogen-bond donors (Lipinski definition) is 1. The van der Waals surface area contributed by atoms with E-state index >= 15 is 0 Å². The molecular formula is C13H20N2O2. The van der Waals surface area contributed by atoms with E-state index in [1.165, 1.54) is 0 Å². The molecule has 2 heterocycles. The third kappa shape index (κ3) is 3.41. The summed E-state index contributed by atoms with van der Waals surface area (Å²) in [6.45, 7) is 5.31. The zero-order valence-electron chi connectivity index (χ0n) is 10.3. The summed E-state index contributed by atoms with van der Waals surface area (Å²) in [6, 6.07) is 5.24. The lowest BCUT2D eigenvalue weighted by molar-refractivity contribution is 0.0283. The summed E-state index contributed by atoms with van der Waals surface area (Å²) in [5, 5.41) is 3.49. The van der Waals surface area contributed by atoms with E-state index < -0.39 is 0 Å². The highest BCUT2D eigenvalue weighted by atomic mass is 16.5. The molecule has 1 aromatic rings. The third-order valence-corrected chi connectivity index (χ3v) is 3.24. The Morgan fingerprint density at radius 2 is 2.41 bits per heavy atom. The summed E-state index contributed by atoms with van der Waals surface area (Å²) in [5.74, 6) is 0. The van der Waals surface area contributed by atoms with Gasteiger partial charge in [-0.3, -0.25) is 4.79 Å². The quantitative estimate of drug-likeness (QED) is 0.848. The Balaban J connectivity index is 1.83. The van der Waals surface area contributed by atoms with Crippen LogP contribution < -0.4 is 10.9 Å². The summed E-state index contributed by atoms with van der Waals surface area (Å²) in [7, 11) is 0. The van der Waals surface area contributed by atoms with Crippen molar-refractivity contribution in [2.75, 3.05) is 19.8 Å². The molecule has 4 heteroatoms. The van der Waals surface area contributed by atoms with Gasteiger partial charge in [-0.2, -0.15) is 0 Å². The number of rotatable bonds is 4. The molecule has 1 fully saturated rings. The van der Waals surface area contributed by atoms with Gasteiger partial charge in [-0.1, -0.05) is 6.07 Å². The Morgan fingerprint density at radius 3 is 3.12 bits per heavy atom. The van der Waals surface area contributed by atoms with E-state index in [2.05, 4.69) is 12.2 Å². The van der Waals surface area contributed by atoms with Gasteiger partial charge in [0.25, 0.3) is 5.56 Å². The predicted molar refractivity (Wildman–Crippen MR) is 67.2 cm³/mol. The van der Waals surface area contributed by atoms with E-state index in [4.69, 9.17) is 4.74 Å². The minimum absolute atomic E-state index is 0.0550. The highest BCUT2D eigenvalue weighted by molar-refractivity contribution is 4.93. The van der Waals surface area contributed by atoms with Crippen molar-refractivity contribution >= 4 is 0 Å². The van der Waals surface area contributed by atoms with E-state index in [1.54, 1.807) is 16.7 Å². The maximum Gasteiger partial charge on any atom is 0.250 e. The zero-order valence-corrected chi connectivity index (χ0v) is 10.3. The summed E-state index contributed by atoms with van der Waals surface area (Å²) < 4.78 is 7.20. The van der Waals surface area contributed by atoms with E-state index in [9.17, 15) is 4.79 Å². The molecule has 0 amide bonds. The average Bonchev–Trinajstić information content (AvgIpc) is 2.32. The van der Waals surface area contributed by atoms with Gasteiger partial charge in [0.05, 0.1) is 6.61 Å². The van der Waals surface area contributed by atoms with Gasteiger partial charge >= 0.3 is 0 Å². The van der Waals surface area contributed by atoms with Gasteiger partial charge in [0.2, 0.25) is 0 Å². The first-order chi connectivity index (χ1) is 8.20. The van der Waals surface area contributed by atoms with E-state index in [0.717, 1.165) is 32.6 Å². The predicted octanol–water partition coefficient (Wildman–Crippen LogP) is 1.01. The van der Waals surface area contributed by atoms with Crippen molar-refractivity contribution in [2.24, 2.45) is 0 Å². The van der Waals surface area contributed by atoms with Crippen LogP contribution in [0, 0.1) is 0 Å². The zero-order chi connectivity index (χ0) is 12.1. The Kier molecular flexibility index (Phi) is 3.97. The summed E-state index contributed by atoms with van der Waals surface area (Å²) in [5.41, 5.74) is 0.121. The lowest BCUT2D eigenvalue weighted by Crippen LogP contribution is -2.50. The first kappa shape index (κ1) is 12.3. The molecule has 0 aromatic carbocycles. The van der Waals surface area contributed by atoms with Crippen LogP contribution in [0.2, 0.25) is 0 Å². The van der Waals surface area contributed by atoms with Crippen LogP contribution in [0.5, 0.6) is 0 Å². The van der Waals surface area contributed by atoms with Gasteiger partial charge < -0.3 is 14.6 Å². The molecule has 0 spiro atoms. The Bertz CT molecular complexity index is 408. The number of pyridine rings is 1. The second-order valence-corrected chi connectivity index (χ2v) is 4.88. The molecule has 94 valence electrons. The van der Waals surface area contributed by atoms with Gasteiger partial charge in [-0.15, -0.1) is 0 Å². The fraction of sp³-hybridized carbons (Fsp3) is 0.615. The highest BCUT2D eigenvalue weighted by Crippen LogP contribution is 2.17. The molecule has 2 rings (SSSR count). The molecule has 1 unspecified atom stereocenters. The van der Waals surface area contributed by atoms with Crippen molar-refractivity contribution in [1.29, 1.82) is 0 Å². The Labute approximate surface area is 102 Å². The van der Waals surface area contributed by atoms with E-state index in [-0.39, 0.29) is 11.1 Å². The van der Waals surface area contributed by atoms with Crippen molar-refractivity contribution in [3.8, 4) is 0 Å². The number of nitrogens with zero attached hydrogens (tertiary/aromatic N) is 1. The number of aromatic nitrogens is 1. The van der Waals surface area contributed by atoms with Gasteiger partial charge in [0.1, 0.15) is 0 Å². The molecule has 0 radical (unpaired) electrons. The molecule has 0 aliphatic carbocycles. The van der Waals surface area contributed by atoms with Crippen molar-refractivity contribution in [3.63, 3.8) is 0 Å². The van der Waals surface area contributed by atoms with Crippen LogP contribution >= 0.6 is 0 Å². The van der Waals surface area contributed by atoms with Crippen molar-refractivity contribution < 1.29 is 4.74 Å². The maximum atomic E-state index is 11.5.